The lowest BCUT2D eigenvalue weighted by Gasteiger charge is -2.46. The zero-order valence-corrected chi connectivity index (χ0v) is 36.5. The highest BCUT2D eigenvalue weighted by Gasteiger charge is 2.57. The number of hydrogen-bond donors (Lipinski definition) is 0. The van der Waals surface area contributed by atoms with E-state index in [9.17, 15) is 0 Å². The molecule has 2 aromatic heterocycles. The molecule has 0 saturated heterocycles. The Bertz CT molecular complexity index is 2560. The van der Waals surface area contributed by atoms with Gasteiger partial charge in [0, 0.05) is 16.5 Å². The first-order chi connectivity index (χ1) is 26.7. The maximum Gasteiger partial charge on any atom is 0.105 e. The molecule has 0 radical (unpaired) electrons. The molecule has 9 rings (SSSR count). The molecule has 0 N–H and O–H groups in total. The van der Waals surface area contributed by atoms with Crippen molar-refractivity contribution in [3.05, 3.63) is 177 Å². The second kappa shape index (κ2) is 11.9. The van der Waals surface area contributed by atoms with Crippen LogP contribution < -0.4 is 0 Å². The fraction of sp³-hybridized carbons (Fsp3) is 0.382. The summed E-state index contributed by atoms with van der Waals surface area (Å²) >= 11 is 0. The Kier molecular flexibility index (Phi) is 7.86. The molecule has 3 aliphatic carbocycles. The van der Waals surface area contributed by atoms with Gasteiger partial charge in [0.25, 0.3) is 0 Å². The second-order valence-electron chi connectivity index (χ2n) is 20.8. The van der Waals surface area contributed by atoms with E-state index in [0.717, 1.165) is 33.9 Å². The summed E-state index contributed by atoms with van der Waals surface area (Å²) in [5.74, 6) is 0.518. The van der Waals surface area contributed by atoms with Crippen LogP contribution in [0.2, 0.25) is 0 Å². The maximum absolute atomic E-state index is 5.76. The first kappa shape index (κ1) is 37.7. The Labute approximate surface area is 342 Å². The lowest BCUT2D eigenvalue weighted by molar-refractivity contribution is 0.125. The third-order valence-electron chi connectivity index (χ3n) is 16.9. The van der Waals surface area contributed by atoms with Gasteiger partial charge in [0.2, 0.25) is 0 Å². The van der Waals surface area contributed by atoms with Crippen LogP contribution in [0.3, 0.4) is 0 Å². The van der Waals surface area contributed by atoms with E-state index < -0.39 is 5.41 Å². The lowest BCUT2D eigenvalue weighted by atomic mass is 9.56. The molecule has 0 saturated carbocycles. The predicted octanol–water partition coefficient (Wildman–Crippen LogP) is 13.6. The number of fused-ring (bicyclic) bond motifs is 4. The van der Waals surface area contributed by atoms with Crippen LogP contribution in [0.1, 0.15) is 146 Å². The Morgan fingerprint density at radius 1 is 0.386 bits per heavy atom. The molecule has 290 valence electrons. The van der Waals surface area contributed by atoms with Crippen LogP contribution in [-0.4, -0.2) is 9.97 Å². The van der Waals surface area contributed by atoms with Crippen molar-refractivity contribution < 1.29 is 0 Å². The van der Waals surface area contributed by atoms with E-state index in [4.69, 9.17) is 9.97 Å². The van der Waals surface area contributed by atoms with Crippen molar-refractivity contribution in [3.63, 3.8) is 0 Å². The lowest BCUT2D eigenvalue weighted by Crippen LogP contribution is -2.43. The van der Waals surface area contributed by atoms with Gasteiger partial charge >= 0.3 is 0 Å². The SMILES string of the molecule is CC1C(C)(C)c2ccc(-c3cccc(C4(c5cccc(-c6ccc7c(c6)C(C)(C)C(C)(C)C7(C)C)n5)c5ccccc5C(C)(C)c5ccccc54)n3)cc2C1(C)C. The molecule has 2 heteroatoms. The summed E-state index contributed by atoms with van der Waals surface area (Å²) in [6, 6.07) is 45.6. The van der Waals surface area contributed by atoms with E-state index in [0.29, 0.717) is 5.92 Å². The molecule has 6 aromatic rings. The van der Waals surface area contributed by atoms with E-state index in [1.54, 1.807) is 0 Å². The highest BCUT2D eigenvalue weighted by Crippen LogP contribution is 2.62. The van der Waals surface area contributed by atoms with Crippen molar-refractivity contribution in [1.29, 1.82) is 0 Å². The molecule has 0 fully saturated rings. The van der Waals surface area contributed by atoms with Crippen LogP contribution in [0.5, 0.6) is 0 Å². The molecule has 2 heterocycles. The smallest absolute Gasteiger partial charge is 0.105 e. The van der Waals surface area contributed by atoms with Gasteiger partial charge in [-0.05, 0) is 114 Å². The number of nitrogens with zero attached hydrogens (tertiary/aromatic N) is 2. The Morgan fingerprint density at radius 2 is 0.807 bits per heavy atom. The zero-order valence-electron chi connectivity index (χ0n) is 36.5. The third-order valence-corrected chi connectivity index (χ3v) is 16.9. The molecule has 4 aromatic carbocycles. The molecule has 3 aliphatic rings. The fourth-order valence-corrected chi connectivity index (χ4v) is 11.7. The largest absolute Gasteiger partial charge is 0.251 e. The quantitative estimate of drug-likeness (QED) is 0.179. The van der Waals surface area contributed by atoms with Crippen molar-refractivity contribution in [3.8, 4) is 22.5 Å². The molecular weight excluding hydrogens is 689 g/mol. The van der Waals surface area contributed by atoms with Gasteiger partial charge in [-0.2, -0.15) is 0 Å². The van der Waals surface area contributed by atoms with E-state index in [1.807, 2.05) is 0 Å². The molecule has 0 spiro atoms. The van der Waals surface area contributed by atoms with Crippen LogP contribution in [0, 0.1) is 11.3 Å². The summed E-state index contributed by atoms with van der Waals surface area (Å²) in [5, 5.41) is 0. The Morgan fingerprint density at radius 3 is 1.32 bits per heavy atom. The van der Waals surface area contributed by atoms with Gasteiger partial charge in [0.05, 0.1) is 22.8 Å². The van der Waals surface area contributed by atoms with Crippen LogP contribution in [0.15, 0.2) is 121 Å². The maximum atomic E-state index is 5.76. The number of rotatable bonds is 4. The molecule has 0 amide bonds. The summed E-state index contributed by atoms with van der Waals surface area (Å²) in [6.45, 7) is 31.3. The first-order valence-electron chi connectivity index (χ1n) is 21.2. The minimum absolute atomic E-state index is 0.00156. The van der Waals surface area contributed by atoms with Crippen molar-refractivity contribution >= 4 is 0 Å². The first-order valence-corrected chi connectivity index (χ1v) is 21.2. The van der Waals surface area contributed by atoms with Crippen molar-refractivity contribution in [2.75, 3.05) is 0 Å². The molecule has 2 nitrogen and oxygen atoms in total. The summed E-state index contributed by atoms with van der Waals surface area (Å²) < 4.78 is 0. The Hall–Kier alpha value is -4.82. The number of benzene rings is 4. The number of pyridine rings is 2. The molecular formula is C55H60N2. The van der Waals surface area contributed by atoms with Crippen molar-refractivity contribution in [2.24, 2.45) is 11.3 Å². The van der Waals surface area contributed by atoms with Crippen LogP contribution in [0.4, 0.5) is 0 Å². The predicted molar refractivity (Wildman–Crippen MR) is 238 cm³/mol. The van der Waals surface area contributed by atoms with Gasteiger partial charge in [0.15, 0.2) is 0 Å². The molecule has 0 aliphatic heterocycles. The zero-order chi connectivity index (χ0) is 40.7. The van der Waals surface area contributed by atoms with Gasteiger partial charge in [0.1, 0.15) is 5.41 Å². The number of hydrogen-bond acceptors (Lipinski definition) is 2. The van der Waals surface area contributed by atoms with Gasteiger partial charge in [-0.1, -0.05) is 175 Å². The summed E-state index contributed by atoms with van der Waals surface area (Å²) in [4.78, 5) is 11.5. The van der Waals surface area contributed by atoms with Gasteiger partial charge in [-0.15, -0.1) is 0 Å². The normalized spacial score (nSPS) is 21.9. The second-order valence-corrected chi connectivity index (χ2v) is 20.8. The standard InChI is InChI=1S/C55H60N2/c1-34-49(2,3)39-30-28-35(32-43(39)50(34,4)5)45-24-18-26-47(56-45)55(41-22-16-14-20-37(41)51(6,7)38-21-15-17-23-42(38)55)48-27-19-25-46(57-48)36-29-31-40-44(33-36)53(10,11)54(12,13)52(40,8)9/h14-34H,1-13H3. The molecule has 1 atom stereocenters. The van der Waals surface area contributed by atoms with Gasteiger partial charge < -0.3 is 0 Å². The average Bonchev–Trinajstić information content (AvgIpc) is 3.40. The average molecular weight is 749 g/mol. The van der Waals surface area contributed by atoms with Crippen molar-refractivity contribution in [1.82, 2.24) is 9.97 Å². The van der Waals surface area contributed by atoms with Crippen LogP contribution in [0.25, 0.3) is 22.5 Å². The highest BCUT2D eigenvalue weighted by atomic mass is 14.8. The van der Waals surface area contributed by atoms with Crippen LogP contribution in [-0.2, 0) is 32.5 Å². The van der Waals surface area contributed by atoms with E-state index in [1.165, 1.54) is 44.5 Å². The minimum atomic E-state index is -0.763. The summed E-state index contributed by atoms with van der Waals surface area (Å²) in [7, 11) is 0. The summed E-state index contributed by atoms with van der Waals surface area (Å²) in [6.07, 6.45) is 0. The van der Waals surface area contributed by atoms with E-state index in [-0.39, 0.29) is 32.5 Å². The fourth-order valence-electron chi connectivity index (χ4n) is 11.7. The number of aromatic nitrogens is 2. The molecule has 1 unspecified atom stereocenters. The van der Waals surface area contributed by atoms with Gasteiger partial charge in [-0.3, -0.25) is 9.97 Å². The summed E-state index contributed by atoms with van der Waals surface area (Å²) in [5.41, 5.74) is 16.5. The van der Waals surface area contributed by atoms with Crippen LogP contribution >= 0.6 is 0 Å². The third kappa shape index (κ3) is 4.76. The monoisotopic (exact) mass is 748 g/mol. The molecule has 0 bridgehead atoms. The highest BCUT2D eigenvalue weighted by molar-refractivity contribution is 5.72. The Balaban J connectivity index is 1.30. The molecule has 57 heavy (non-hydrogen) atoms. The topological polar surface area (TPSA) is 25.8 Å². The van der Waals surface area contributed by atoms with Crippen molar-refractivity contribution in [2.45, 2.75) is 122 Å². The minimum Gasteiger partial charge on any atom is -0.251 e. The van der Waals surface area contributed by atoms with Gasteiger partial charge in [-0.25, -0.2) is 0 Å². The van der Waals surface area contributed by atoms with E-state index >= 15 is 0 Å². The van der Waals surface area contributed by atoms with E-state index in [2.05, 4.69) is 211 Å².